The van der Waals surface area contributed by atoms with E-state index in [4.69, 9.17) is 4.74 Å². The molecular weight excluding hydrogens is 254 g/mol. The Morgan fingerprint density at radius 2 is 2.00 bits per heavy atom. The third kappa shape index (κ3) is 2.31. The minimum absolute atomic E-state index is 0.244. The number of aryl methyl sites for hydroxylation is 2. The fourth-order valence-electron chi connectivity index (χ4n) is 2.06. The van der Waals surface area contributed by atoms with Crippen LogP contribution in [0.4, 0.5) is 8.78 Å². The number of hydrogen-bond donors (Lipinski definition) is 1. The molecule has 1 atom stereocenters. The Morgan fingerprint density at radius 3 is 2.58 bits per heavy atom. The summed E-state index contributed by atoms with van der Waals surface area (Å²) in [7, 11) is 3.13. The van der Waals surface area contributed by atoms with Gasteiger partial charge in [-0.25, -0.2) is 13.5 Å². The molecule has 6 heteroatoms. The zero-order chi connectivity index (χ0) is 14.2. The molecule has 0 aliphatic heterocycles. The Labute approximate surface area is 109 Å². The van der Waals surface area contributed by atoms with E-state index in [-0.39, 0.29) is 5.56 Å². The van der Waals surface area contributed by atoms with Gasteiger partial charge in [-0.15, -0.1) is 0 Å². The zero-order valence-corrected chi connectivity index (χ0v) is 10.8. The minimum atomic E-state index is -1.13. The second-order valence-corrected chi connectivity index (χ2v) is 4.21. The highest BCUT2D eigenvalue weighted by Gasteiger charge is 2.23. The first-order chi connectivity index (χ1) is 8.95. The first-order valence-electron chi connectivity index (χ1n) is 5.66. The van der Waals surface area contributed by atoms with E-state index in [9.17, 15) is 13.9 Å². The van der Waals surface area contributed by atoms with Crippen molar-refractivity contribution in [1.29, 1.82) is 0 Å². The lowest BCUT2D eigenvalue weighted by molar-refractivity contribution is 0.212. The number of aromatic nitrogens is 2. The van der Waals surface area contributed by atoms with Gasteiger partial charge in [0.2, 0.25) is 5.88 Å². The summed E-state index contributed by atoms with van der Waals surface area (Å²) in [5, 5.41) is 14.4. The lowest BCUT2D eigenvalue weighted by Gasteiger charge is -2.13. The largest absolute Gasteiger partial charge is 0.481 e. The fraction of sp³-hybridized carbons (Fsp3) is 0.308. The molecule has 0 radical (unpaired) electrons. The molecule has 0 bridgehead atoms. The molecule has 102 valence electrons. The maximum Gasteiger partial charge on any atom is 0.217 e. The SMILES string of the molecule is COc1c(C(O)c2ccc(F)c(F)c2)c(C)nn1C. The van der Waals surface area contributed by atoms with Crippen LogP contribution in [0.25, 0.3) is 0 Å². The number of methoxy groups -OCH3 is 1. The molecule has 0 spiro atoms. The lowest BCUT2D eigenvalue weighted by Crippen LogP contribution is -2.04. The molecule has 0 aliphatic rings. The predicted octanol–water partition coefficient (Wildman–Crippen LogP) is 2.10. The van der Waals surface area contributed by atoms with Gasteiger partial charge in [-0.3, -0.25) is 0 Å². The van der Waals surface area contributed by atoms with Gasteiger partial charge in [-0.05, 0) is 24.6 Å². The molecule has 4 nitrogen and oxygen atoms in total. The number of hydrogen-bond acceptors (Lipinski definition) is 3. The maximum atomic E-state index is 13.2. The Kier molecular flexibility index (Phi) is 3.53. The van der Waals surface area contributed by atoms with Crippen molar-refractivity contribution >= 4 is 0 Å². The fourth-order valence-corrected chi connectivity index (χ4v) is 2.06. The zero-order valence-electron chi connectivity index (χ0n) is 10.8. The Morgan fingerprint density at radius 1 is 1.32 bits per heavy atom. The van der Waals surface area contributed by atoms with E-state index in [2.05, 4.69) is 5.10 Å². The third-order valence-corrected chi connectivity index (χ3v) is 2.94. The summed E-state index contributed by atoms with van der Waals surface area (Å²) in [4.78, 5) is 0. The van der Waals surface area contributed by atoms with Crippen LogP contribution in [0, 0.1) is 18.6 Å². The smallest absolute Gasteiger partial charge is 0.217 e. The molecule has 19 heavy (non-hydrogen) atoms. The van der Waals surface area contributed by atoms with E-state index in [0.29, 0.717) is 17.1 Å². The predicted molar refractivity (Wildman–Crippen MR) is 64.9 cm³/mol. The summed E-state index contributed by atoms with van der Waals surface area (Å²) in [6.45, 7) is 1.71. The summed E-state index contributed by atoms with van der Waals surface area (Å²) >= 11 is 0. The van der Waals surface area contributed by atoms with Gasteiger partial charge in [-0.1, -0.05) is 6.07 Å². The molecule has 1 N–H and O–H groups in total. The molecule has 0 saturated heterocycles. The standard InChI is InChI=1S/C13H14F2N2O2/c1-7-11(13(19-3)17(2)16-7)12(18)8-4-5-9(14)10(15)6-8/h4-6,12,18H,1-3H3. The van der Waals surface area contributed by atoms with E-state index in [0.717, 1.165) is 12.1 Å². The van der Waals surface area contributed by atoms with Crippen LogP contribution in [-0.4, -0.2) is 22.0 Å². The molecule has 0 fully saturated rings. The van der Waals surface area contributed by atoms with Crippen LogP contribution in [0.2, 0.25) is 0 Å². The molecule has 0 amide bonds. The molecule has 1 heterocycles. The molecule has 1 aromatic carbocycles. The summed E-state index contributed by atoms with van der Waals surface area (Å²) in [6.07, 6.45) is -1.13. The van der Waals surface area contributed by atoms with Gasteiger partial charge in [-0.2, -0.15) is 5.10 Å². The van der Waals surface area contributed by atoms with Crippen molar-refractivity contribution in [3.05, 3.63) is 46.7 Å². The van der Waals surface area contributed by atoms with Gasteiger partial charge in [0.25, 0.3) is 0 Å². The van der Waals surface area contributed by atoms with Gasteiger partial charge < -0.3 is 9.84 Å². The van der Waals surface area contributed by atoms with Crippen molar-refractivity contribution in [2.45, 2.75) is 13.0 Å². The van der Waals surface area contributed by atoms with E-state index in [1.165, 1.54) is 17.9 Å². The second kappa shape index (κ2) is 4.97. The lowest BCUT2D eigenvalue weighted by atomic mass is 10.0. The third-order valence-electron chi connectivity index (χ3n) is 2.94. The monoisotopic (exact) mass is 268 g/mol. The van der Waals surface area contributed by atoms with Gasteiger partial charge in [0.05, 0.1) is 18.4 Å². The molecular formula is C13H14F2N2O2. The summed E-state index contributed by atoms with van der Waals surface area (Å²) in [5.74, 6) is -1.57. The summed E-state index contributed by atoms with van der Waals surface area (Å²) in [5.41, 5.74) is 1.25. The average Bonchev–Trinajstić information content (AvgIpc) is 2.66. The highest BCUT2D eigenvalue weighted by Crippen LogP contribution is 2.32. The van der Waals surface area contributed by atoms with Gasteiger partial charge in [0.15, 0.2) is 11.6 Å². The topological polar surface area (TPSA) is 47.3 Å². The molecule has 0 saturated carbocycles. The van der Waals surface area contributed by atoms with Crippen LogP contribution < -0.4 is 4.74 Å². The van der Waals surface area contributed by atoms with Gasteiger partial charge >= 0.3 is 0 Å². The van der Waals surface area contributed by atoms with Gasteiger partial charge in [0.1, 0.15) is 6.10 Å². The second-order valence-electron chi connectivity index (χ2n) is 4.21. The summed E-state index contributed by atoms with van der Waals surface area (Å²) < 4.78 is 32.7. The van der Waals surface area contributed by atoms with Crippen LogP contribution in [0.5, 0.6) is 5.88 Å². The minimum Gasteiger partial charge on any atom is -0.481 e. The highest BCUT2D eigenvalue weighted by molar-refractivity contribution is 5.39. The summed E-state index contributed by atoms with van der Waals surface area (Å²) in [6, 6.07) is 3.27. The molecule has 2 rings (SSSR count). The number of rotatable bonds is 3. The van der Waals surface area contributed by atoms with Crippen LogP contribution in [0.1, 0.15) is 22.9 Å². The number of halogens is 2. The molecule has 1 aromatic heterocycles. The first-order valence-corrected chi connectivity index (χ1v) is 5.66. The van der Waals surface area contributed by atoms with Crippen LogP contribution in [-0.2, 0) is 7.05 Å². The van der Waals surface area contributed by atoms with E-state index >= 15 is 0 Å². The normalized spacial score (nSPS) is 12.5. The van der Waals surface area contributed by atoms with Crippen molar-refractivity contribution < 1.29 is 18.6 Å². The van der Waals surface area contributed by atoms with Crippen LogP contribution >= 0.6 is 0 Å². The Hall–Kier alpha value is -1.95. The molecule has 2 aromatic rings. The number of nitrogens with zero attached hydrogens (tertiary/aromatic N) is 2. The van der Waals surface area contributed by atoms with E-state index in [1.807, 2.05) is 0 Å². The average molecular weight is 268 g/mol. The van der Waals surface area contributed by atoms with Crippen molar-refractivity contribution in [3.63, 3.8) is 0 Å². The highest BCUT2D eigenvalue weighted by atomic mass is 19.2. The number of ether oxygens (including phenoxy) is 1. The van der Waals surface area contributed by atoms with Crippen molar-refractivity contribution in [2.24, 2.45) is 7.05 Å². The number of benzene rings is 1. The van der Waals surface area contributed by atoms with Crippen molar-refractivity contribution in [2.75, 3.05) is 7.11 Å². The quantitative estimate of drug-likeness (QED) is 0.927. The van der Waals surface area contributed by atoms with Gasteiger partial charge in [0, 0.05) is 7.05 Å². The van der Waals surface area contributed by atoms with Crippen LogP contribution in [0.3, 0.4) is 0 Å². The van der Waals surface area contributed by atoms with E-state index < -0.39 is 17.7 Å². The number of aliphatic hydroxyl groups is 1. The molecule has 0 aliphatic carbocycles. The van der Waals surface area contributed by atoms with Crippen molar-refractivity contribution in [1.82, 2.24) is 9.78 Å². The van der Waals surface area contributed by atoms with E-state index in [1.54, 1.807) is 14.0 Å². The Balaban J connectivity index is 2.49. The van der Waals surface area contributed by atoms with Crippen molar-refractivity contribution in [3.8, 4) is 5.88 Å². The Bertz CT molecular complexity index is 611. The number of aliphatic hydroxyl groups excluding tert-OH is 1. The first kappa shape index (κ1) is 13.5. The van der Waals surface area contributed by atoms with Crippen LogP contribution in [0.15, 0.2) is 18.2 Å². The maximum absolute atomic E-state index is 13.2. The molecule has 1 unspecified atom stereocenters.